The van der Waals surface area contributed by atoms with Crippen molar-refractivity contribution in [1.29, 1.82) is 0 Å². The van der Waals surface area contributed by atoms with Crippen LogP contribution in [0.4, 0.5) is 5.69 Å². The van der Waals surface area contributed by atoms with Crippen molar-refractivity contribution in [3.8, 4) is 0 Å². The van der Waals surface area contributed by atoms with Gasteiger partial charge < -0.3 is 10.2 Å². The van der Waals surface area contributed by atoms with Crippen molar-refractivity contribution in [2.24, 2.45) is 0 Å². The van der Waals surface area contributed by atoms with Crippen LogP contribution in [0.5, 0.6) is 0 Å². The number of carbonyl (C=O) groups is 2. The van der Waals surface area contributed by atoms with E-state index in [1.54, 1.807) is 37.3 Å². The second-order valence-corrected chi connectivity index (χ2v) is 12.1. The van der Waals surface area contributed by atoms with Gasteiger partial charge in [-0.05, 0) is 70.0 Å². The van der Waals surface area contributed by atoms with Crippen LogP contribution in [0, 0.1) is 13.8 Å². The second-order valence-electron chi connectivity index (χ2n) is 9.81. The number of nitrogens with zero attached hydrogens (tertiary/aromatic N) is 2. The van der Waals surface area contributed by atoms with Crippen molar-refractivity contribution in [2.45, 2.75) is 64.6 Å². The van der Waals surface area contributed by atoms with Crippen molar-refractivity contribution in [3.63, 3.8) is 0 Å². The Hall–Kier alpha value is -3.36. The number of hydrogen-bond acceptors (Lipinski definition) is 4. The van der Waals surface area contributed by atoms with Crippen LogP contribution in [0.1, 0.15) is 43.9 Å². The summed E-state index contributed by atoms with van der Waals surface area (Å²) in [7, 11) is -4.14. The lowest BCUT2D eigenvalue weighted by molar-refractivity contribution is -0.139. The average Bonchev–Trinajstić information content (AvgIpc) is 2.90. The van der Waals surface area contributed by atoms with E-state index in [1.807, 2.05) is 52.0 Å². The van der Waals surface area contributed by atoms with Crippen LogP contribution < -0.4 is 9.62 Å². The van der Waals surface area contributed by atoms with E-state index in [-0.39, 0.29) is 29.1 Å². The van der Waals surface area contributed by atoms with Gasteiger partial charge in [0.2, 0.25) is 11.8 Å². The van der Waals surface area contributed by atoms with Crippen LogP contribution in [-0.2, 0) is 26.2 Å². The number of nitrogens with one attached hydrogen (secondary N) is 1. The van der Waals surface area contributed by atoms with Crippen molar-refractivity contribution in [3.05, 3.63) is 94.5 Å². The predicted molar refractivity (Wildman–Crippen MR) is 156 cm³/mol. The Labute approximate surface area is 236 Å². The standard InChI is InChI=1S/C30H36ClN3O4S/c1-6-23(4)32-30(36)24(5)33(19-25-14-10-21(2)11-15-25)29(35)20-34(27-9-7-8-26(31)18-27)39(37,38)28-16-12-22(3)13-17-28/h7-18,23-24H,6,19-20H2,1-5H3,(H,32,36)/t23-,24-/m0/s1. The molecule has 39 heavy (non-hydrogen) atoms. The maximum absolute atomic E-state index is 13.9. The van der Waals surface area contributed by atoms with E-state index in [4.69, 9.17) is 11.6 Å². The lowest BCUT2D eigenvalue weighted by Gasteiger charge is -2.32. The molecule has 0 spiro atoms. The van der Waals surface area contributed by atoms with E-state index in [0.29, 0.717) is 5.02 Å². The quantitative estimate of drug-likeness (QED) is 0.331. The molecule has 3 aromatic rings. The number of carbonyl (C=O) groups excluding carboxylic acids is 2. The molecule has 0 bridgehead atoms. The monoisotopic (exact) mass is 569 g/mol. The van der Waals surface area contributed by atoms with Crippen LogP contribution >= 0.6 is 11.6 Å². The lowest BCUT2D eigenvalue weighted by Crippen LogP contribution is -2.52. The third-order valence-corrected chi connectivity index (χ3v) is 8.65. The minimum atomic E-state index is -4.14. The molecule has 0 aliphatic rings. The Morgan fingerprint density at radius 3 is 2.08 bits per heavy atom. The highest BCUT2D eigenvalue weighted by molar-refractivity contribution is 7.92. The van der Waals surface area contributed by atoms with Crippen LogP contribution in [0.25, 0.3) is 0 Å². The first-order chi connectivity index (χ1) is 18.4. The maximum atomic E-state index is 13.9. The summed E-state index contributed by atoms with van der Waals surface area (Å²) in [5, 5.41) is 3.27. The Balaban J connectivity index is 2.02. The molecule has 0 saturated heterocycles. The van der Waals surface area contributed by atoms with E-state index < -0.39 is 28.5 Å². The highest BCUT2D eigenvalue weighted by Crippen LogP contribution is 2.27. The number of benzene rings is 3. The van der Waals surface area contributed by atoms with Crippen LogP contribution in [0.15, 0.2) is 77.7 Å². The molecule has 208 valence electrons. The molecule has 2 atom stereocenters. The number of rotatable bonds is 11. The van der Waals surface area contributed by atoms with Gasteiger partial charge in [-0.1, -0.05) is 72.1 Å². The smallest absolute Gasteiger partial charge is 0.264 e. The minimum Gasteiger partial charge on any atom is -0.352 e. The molecule has 0 radical (unpaired) electrons. The summed E-state index contributed by atoms with van der Waals surface area (Å²) < 4.78 is 28.7. The molecule has 0 aliphatic carbocycles. The largest absolute Gasteiger partial charge is 0.352 e. The first-order valence-corrected chi connectivity index (χ1v) is 14.7. The summed E-state index contributed by atoms with van der Waals surface area (Å²) in [5.41, 5.74) is 3.05. The summed E-state index contributed by atoms with van der Waals surface area (Å²) in [4.78, 5) is 28.5. The molecule has 1 N–H and O–H groups in total. The third kappa shape index (κ3) is 7.83. The number of anilines is 1. The summed E-state index contributed by atoms with van der Waals surface area (Å²) in [5.74, 6) is -0.821. The molecule has 0 unspecified atom stereocenters. The van der Waals surface area contributed by atoms with Gasteiger partial charge in [0.25, 0.3) is 10.0 Å². The van der Waals surface area contributed by atoms with Crippen LogP contribution in [-0.4, -0.2) is 43.8 Å². The van der Waals surface area contributed by atoms with Gasteiger partial charge in [0.05, 0.1) is 10.6 Å². The normalized spacial score (nSPS) is 12.9. The van der Waals surface area contributed by atoms with Crippen molar-refractivity contribution in [1.82, 2.24) is 10.2 Å². The molecule has 0 fully saturated rings. The molecule has 9 heteroatoms. The van der Waals surface area contributed by atoms with Crippen molar-refractivity contribution in [2.75, 3.05) is 10.8 Å². The van der Waals surface area contributed by atoms with E-state index in [2.05, 4.69) is 5.32 Å². The van der Waals surface area contributed by atoms with E-state index in [0.717, 1.165) is 27.4 Å². The Kier molecular flexibility index (Phi) is 10.2. The molecule has 3 aromatic carbocycles. The first kappa shape index (κ1) is 30.2. The third-order valence-electron chi connectivity index (χ3n) is 6.63. The zero-order valence-electron chi connectivity index (χ0n) is 23.0. The molecular weight excluding hydrogens is 534 g/mol. The van der Waals surface area contributed by atoms with Gasteiger partial charge in [-0.15, -0.1) is 0 Å². The fourth-order valence-electron chi connectivity index (χ4n) is 3.94. The summed E-state index contributed by atoms with van der Waals surface area (Å²) in [6.07, 6.45) is 0.738. The molecule has 7 nitrogen and oxygen atoms in total. The fourth-order valence-corrected chi connectivity index (χ4v) is 5.53. The molecule has 2 amide bonds. The summed E-state index contributed by atoms with van der Waals surface area (Å²) in [6, 6.07) is 19.5. The van der Waals surface area contributed by atoms with Crippen molar-refractivity contribution < 1.29 is 18.0 Å². The first-order valence-electron chi connectivity index (χ1n) is 12.9. The molecule has 0 saturated carbocycles. The van der Waals surface area contributed by atoms with Gasteiger partial charge in [-0.2, -0.15) is 0 Å². The van der Waals surface area contributed by atoms with E-state index >= 15 is 0 Å². The van der Waals surface area contributed by atoms with Gasteiger partial charge in [0.1, 0.15) is 12.6 Å². The number of halogens is 1. The zero-order chi connectivity index (χ0) is 28.7. The fraction of sp³-hybridized carbons (Fsp3) is 0.333. The predicted octanol–water partition coefficient (Wildman–Crippen LogP) is 5.48. The number of sulfonamides is 1. The lowest BCUT2D eigenvalue weighted by atomic mass is 10.1. The summed E-state index contributed by atoms with van der Waals surface area (Å²) >= 11 is 6.21. The Bertz CT molecular complexity index is 1390. The number of hydrogen-bond donors (Lipinski definition) is 1. The van der Waals surface area contributed by atoms with Crippen LogP contribution in [0.2, 0.25) is 5.02 Å². The molecule has 0 aromatic heterocycles. The van der Waals surface area contributed by atoms with Gasteiger partial charge in [-0.3, -0.25) is 13.9 Å². The number of amides is 2. The SMILES string of the molecule is CC[C@H](C)NC(=O)[C@H](C)N(Cc1ccc(C)cc1)C(=O)CN(c1cccc(Cl)c1)S(=O)(=O)c1ccc(C)cc1. The maximum Gasteiger partial charge on any atom is 0.264 e. The molecular formula is C30H36ClN3O4S. The molecule has 0 aliphatic heterocycles. The van der Waals surface area contributed by atoms with Gasteiger partial charge in [0.15, 0.2) is 0 Å². The average molecular weight is 570 g/mol. The van der Waals surface area contributed by atoms with Crippen molar-refractivity contribution >= 4 is 39.1 Å². The molecule has 0 heterocycles. The van der Waals surface area contributed by atoms with Gasteiger partial charge in [0, 0.05) is 17.6 Å². The molecule has 3 rings (SSSR count). The van der Waals surface area contributed by atoms with Gasteiger partial charge >= 0.3 is 0 Å². The van der Waals surface area contributed by atoms with Crippen LogP contribution in [0.3, 0.4) is 0 Å². The topological polar surface area (TPSA) is 86.8 Å². The second kappa shape index (κ2) is 13.1. The minimum absolute atomic E-state index is 0.0496. The highest BCUT2D eigenvalue weighted by Gasteiger charge is 2.32. The number of aryl methyl sites for hydroxylation is 2. The zero-order valence-corrected chi connectivity index (χ0v) is 24.6. The Morgan fingerprint density at radius 1 is 0.923 bits per heavy atom. The Morgan fingerprint density at radius 2 is 1.51 bits per heavy atom. The van der Waals surface area contributed by atoms with Gasteiger partial charge in [-0.25, -0.2) is 8.42 Å². The highest BCUT2D eigenvalue weighted by atomic mass is 35.5. The van der Waals surface area contributed by atoms with E-state index in [1.165, 1.54) is 23.1 Å². The summed E-state index contributed by atoms with van der Waals surface area (Å²) in [6.45, 7) is 8.97. The van der Waals surface area contributed by atoms with E-state index in [9.17, 15) is 18.0 Å².